The number of hydrogen-bond donors (Lipinski definition) is 7. The predicted octanol–water partition coefficient (Wildman–Crippen LogP) is -0.563. The Kier molecular flexibility index (Phi) is 5.67. The Bertz CT molecular complexity index is 1570. The monoisotopic (exact) mass is 522 g/mol. The Morgan fingerprint density at radius 1 is 1.16 bits per heavy atom. The van der Waals surface area contributed by atoms with Crippen molar-refractivity contribution in [2.75, 3.05) is 0 Å². The molecule has 0 saturated heterocycles. The molecule has 13 heteroatoms. The first kappa shape index (κ1) is 24.9. The summed E-state index contributed by atoms with van der Waals surface area (Å²) in [7, 11) is 0. The maximum atomic E-state index is 13.5. The molecule has 1 heterocycles. The smallest absolute Gasteiger partial charge is 0.270 e. The number of aliphatic hydroxyl groups excluding tert-OH is 2. The molecule has 5 rings (SSSR count). The summed E-state index contributed by atoms with van der Waals surface area (Å²) in [5.74, 6) is -7.76. The van der Waals surface area contributed by atoms with Gasteiger partial charge in [-0.25, -0.2) is 4.98 Å². The molecule has 0 bridgehead atoms. The number of nitrogens with two attached hydrogens (primary N) is 1. The van der Waals surface area contributed by atoms with Gasteiger partial charge in [0.25, 0.3) is 17.4 Å². The summed E-state index contributed by atoms with van der Waals surface area (Å²) < 4.78 is 0. The number of benzene rings is 1. The molecule has 3 atom stereocenters. The summed E-state index contributed by atoms with van der Waals surface area (Å²) in [5, 5.41) is 46.2. The summed E-state index contributed by atoms with van der Waals surface area (Å²) in [5.41, 5.74) is 1.63. The first-order valence-electron chi connectivity index (χ1n) is 11.6. The average Bonchev–Trinajstić information content (AvgIpc) is 2.85. The van der Waals surface area contributed by atoms with Gasteiger partial charge in [0.1, 0.15) is 28.5 Å². The summed E-state index contributed by atoms with van der Waals surface area (Å²) in [6.07, 6.45) is 0.743. The molecule has 1 fully saturated rings. The Balaban J connectivity index is 1.54. The normalized spacial score (nSPS) is 24.4. The standard InChI is InChI=1S/C25H22N4O9/c26-23(36)19-15(31)5-11-3-10-4-12-9(7-27-24(37)13-6-16(32)29-8-28-13)1-2-14(30)18(12)20(33)17(10)21(34)25(11,38)22(19)35/h1-2,6,8,10-11,30,33,35,38H,3-5,7H2,(H2,26,36)(H,27,37)(H,28,29,32)/t10-,11+,25+/m1/s1. The van der Waals surface area contributed by atoms with E-state index in [0.717, 1.165) is 12.4 Å². The number of aromatic hydroxyl groups is 1. The van der Waals surface area contributed by atoms with Gasteiger partial charge in [-0.05, 0) is 36.0 Å². The molecule has 0 unspecified atom stereocenters. The van der Waals surface area contributed by atoms with Gasteiger partial charge in [0, 0.05) is 30.5 Å². The SMILES string of the molecule is NC(=O)C1=C(O)[C@@]2(O)C(=O)C3=C(O)c4c(O)ccc(CNC(=O)c5cc(=O)[nH]cn5)c4C[C@H]3C[C@H]2CC1=O. The van der Waals surface area contributed by atoms with Crippen molar-refractivity contribution in [2.24, 2.45) is 17.6 Å². The Morgan fingerprint density at radius 3 is 2.58 bits per heavy atom. The molecule has 3 aliphatic carbocycles. The van der Waals surface area contributed by atoms with Crippen LogP contribution in [0.15, 0.2) is 46.2 Å². The van der Waals surface area contributed by atoms with Gasteiger partial charge in [-0.3, -0.25) is 24.0 Å². The van der Waals surface area contributed by atoms with Crippen molar-refractivity contribution >= 4 is 29.1 Å². The third-order valence-corrected chi connectivity index (χ3v) is 7.39. The highest BCUT2D eigenvalue weighted by Gasteiger charge is 2.60. The molecular weight excluding hydrogens is 500 g/mol. The molecule has 2 amide bonds. The number of rotatable bonds is 4. The predicted molar refractivity (Wildman–Crippen MR) is 127 cm³/mol. The fourth-order valence-electron chi connectivity index (χ4n) is 5.61. The third kappa shape index (κ3) is 3.58. The van der Waals surface area contributed by atoms with Crippen LogP contribution in [0.1, 0.15) is 40.0 Å². The Hall–Kier alpha value is -4.78. The van der Waals surface area contributed by atoms with Crippen molar-refractivity contribution in [3.05, 3.63) is 74.2 Å². The molecule has 38 heavy (non-hydrogen) atoms. The largest absolute Gasteiger partial charge is 0.508 e. The van der Waals surface area contributed by atoms with E-state index in [4.69, 9.17) is 5.73 Å². The summed E-state index contributed by atoms with van der Waals surface area (Å²) in [6, 6.07) is 3.81. The van der Waals surface area contributed by atoms with Gasteiger partial charge in [-0.2, -0.15) is 0 Å². The summed E-state index contributed by atoms with van der Waals surface area (Å²) >= 11 is 0. The number of Topliss-reactive ketones (excluding diaryl/α,β-unsaturated/α-hetero) is 2. The molecule has 196 valence electrons. The molecule has 2 aromatic rings. The van der Waals surface area contributed by atoms with E-state index >= 15 is 0 Å². The molecular formula is C25H22N4O9. The number of phenolic OH excluding ortho intramolecular Hbond substituents is 1. The number of H-pyrrole nitrogens is 1. The first-order chi connectivity index (χ1) is 17.9. The third-order valence-electron chi connectivity index (χ3n) is 7.39. The number of carbonyl (C=O) groups is 4. The second-order valence-electron chi connectivity index (χ2n) is 9.48. The highest BCUT2D eigenvalue weighted by atomic mass is 16.3. The van der Waals surface area contributed by atoms with E-state index in [1.807, 2.05) is 0 Å². The quantitative estimate of drug-likeness (QED) is 0.253. The number of amides is 2. The van der Waals surface area contributed by atoms with Crippen LogP contribution in [0, 0.1) is 11.8 Å². The van der Waals surface area contributed by atoms with Crippen LogP contribution in [0.3, 0.4) is 0 Å². The van der Waals surface area contributed by atoms with E-state index in [0.29, 0.717) is 11.1 Å². The lowest BCUT2D eigenvalue weighted by atomic mass is 9.59. The van der Waals surface area contributed by atoms with Crippen LogP contribution < -0.4 is 16.6 Å². The van der Waals surface area contributed by atoms with Crippen molar-refractivity contribution in [1.29, 1.82) is 0 Å². The zero-order valence-corrected chi connectivity index (χ0v) is 19.6. The number of aromatic amines is 1. The number of phenols is 1. The van der Waals surface area contributed by atoms with E-state index in [1.54, 1.807) is 0 Å². The van der Waals surface area contributed by atoms with Gasteiger partial charge in [-0.1, -0.05) is 6.07 Å². The minimum Gasteiger partial charge on any atom is -0.508 e. The van der Waals surface area contributed by atoms with Gasteiger partial charge in [-0.15, -0.1) is 0 Å². The topological polar surface area (TPSA) is 233 Å². The minimum atomic E-state index is -2.64. The summed E-state index contributed by atoms with van der Waals surface area (Å²) in [6.45, 7) is -0.0729. The number of aliphatic hydroxyl groups is 3. The molecule has 1 saturated carbocycles. The fraction of sp³-hybridized carbons (Fsp3) is 0.280. The van der Waals surface area contributed by atoms with Crippen molar-refractivity contribution in [3.8, 4) is 5.75 Å². The Labute approximate surface area is 213 Å². The molecule has 0 spiro atoms. The van der Waals surface area contributed by atoms with E-state index in [1.165, 1.54) is 12.1 Å². The lowest BCUT2D eigenvalue weighted by Crippen LogP contribution is -2.58. The van der Waals surface area contributed by atoms with Crippen molar-refractivity contribution < 1.29 is 39.6 Å². The van der Waals surface area contributed by atoms with Crippen LogP contribution in [-0.2, 0) is 27.3 Å². The molecule has 3 aliphatic rings. The van der Waals surface area contributed by atoms with Gasteiger partial charge in [0.15, 0.2) is 11.4 Å². The van der Waals surface area contributed by atoms with E-state index in [2.05, 4.69) is 15.3 Å². The van der Waals surface area contributed by atoms with Crippen LogP contribution in [0.2, 0.25) is 0 Å². The second-order valence-corrected chi connectivity index (χ2v) is 9.48. The summed E-state index contributed by atoms with van der Waals surface area (Å²) in [4.78, 5) is 67.7. The molecule has 0 aliphatic heterocycles. The van der Waals surface area contributed by atoms with Crippen LogP contribution in [0.4, 0.5) is 0 Å². The van der Waals surface area contributed by atoms with Crippen molar-refractivity contribution in [2.45, 2.75) is 31.4 Å². The first-order valence-corrected chi connectivity index (χ1v) is 11.6. The second kappa shape index (κ2) is 8.66. The van der Waals surface area contributed by atoms with E-state index in [-0.39, 0.29) is 42.0 Å². The van der Waals surface area contributed by atoms with Gasteiger partial charge in [0.2, 0.25) is 5.78 Å². The number of carbonyl (C=O) groups excluding carboxylic acids is 4. The number of hydrogen-bond acceptors (Lipinski definition) is 10. The maximum absolute atomic E-state index is 13.5. The molecule has 0 radical (unpaired) electrons. The number of ketones is 2. The van der Waals surface area contributed by atoms with Gasteiger partial charge >= 0.3 is 0 Å². The molecule has 1 aromatic heterocycles. The van der Waals surface area contributed by atoms with Gasteiger partial charge in [0.05, 0.1) is 11.9 Å². The fourth-order valence-corrected chi connectivity index (χ4v) is 5.61. The number of fused-ring (bicyclic) bond motifs is 3. The average molecular weight is 522 g/mol. The van der Waals surface area contributed by atoms with E-state index < -0.39 is 69.9 Å². The van der Waals surface area contributed by atoms with Gasteiger partial charge < -0.3 is 36.5 Å². The molecule has 1 aromatic carbocycles. The molecule has 13 nitrogen and oxygen atoms in total. The lowest BCUT2D eigenvalue weighted by Gasteiger charge is -2.46. The number of nitrogens with zero attached hydrogens (tertiary/aromatic N) is 1. The maximum Gasteiger partial charge on any atom is 0.270 e. The minimum absolute atomic E-state index is 0.0128. The van der Waals surface area contributed by atoms with Crippen LogP contribution in [-0.4, -0.2) is 59.4 Å². The highest BCUT2D eigenvalue weighted by Crippen LogP contribution is 2.52. The molecule has 8 N–H and O–H groups in total. The van der Waals surface area contributed by atoms with E-state index in [9.17, 15) is 44.4 Å². The zero-order chi connectivity index (χ0) is 27.5. The van der Waals surface area contributed by atoms with Crippen LogP contribution >= 0.6 is 0 Å². The Morgan fingerprint density at radius 2 is 1.89 bits per heavy atom. The highest BCUT2D eigenvalue weighted by molar-refractivity contribution is 6.22. The van der Waals surface area contributed by atoms with Crippen LogP contribution in [0.5, 0.6) is 5.75 Å². The van der Waals surface area contributed by atoms with Crippen molar-refractivity contribution in [1.82, 2.24) is 15.3 Å². The number of primary amides is 1. The number of nitrogens with one attached hydrogen (secondary N) is 2. The lowest BCUT2D eigenvalue weighted by molar-refractivity contribution is -0.147. The van der Waals surface area contributed by atoms with Crippen LogP contribution in [0.25, 0.3) is 5.76 Å². The number of aromatic nitrogens is 2. The zero-order valence-electron chi connectivity index (χ0n) is 19.6. The van der Waals surface area contributed by atoms with Crippen molar-refractivity contribution in [3.63, 3.8) is 0 Å².